The normalized spacial score (nSPS) is 15.6. The third kappa shape index (κ3) is 2.98. The molecule has 7 heteroatoms. The van der Waals surface area contributed by atoms with Crippen molar-refractivity contribution in [3.05, 3.63) is 80.9 Å². The van der Waals surface area contributed by atoms with Crippen LogP contribution in [-0.2, 0) is 13.0 Å². The average molecular weight is 411 g/mol. The van der Waals surface area contributed by atoms with Crippen LogP contribution in [0.5, 0.6) is 5.88 Å². The predicted octanol–water partition coefficient (Wildman–Crippen LogP) is 4.61. The maximum Gasteiger partial charge on any atom is 0.230 e. The Morgan fingerprint density at radius 1 is 1.11 bits per heavy atom. The highest BCUT2D eigenvalue weighted by atomic mass is 35.5. The molecular formula is C21H19ClN4OS. The summed E-state index contributed by atoms with van der Waals surface area (Å²) in [6, 6.07) is 16.4. The monoisotopic (exact) mass is 410 g/mol. The van der Waals surface area contributed by atoms with Crippen molar-refractivity contribution in [2.24, 2.45) is 0 Å². The third-order valence-corrected chi connectivity index (χ3v) is 6.59. The number of aryl methyl sites for hydroxylation is 1. The summed E-state index contributed by atoms with van der Waals surface area (Å²) in [4.78, 5) is 8.41. The van der Waals surface area contributed by atoms with Crippen molar-refractivity contribution < 1.29 is 5.11 Å². The first kappa shape index (κ1) is 17.7. The summed E-state index contributed by atoms with van der Waals surface area (Å²) in [7, 11) is 0. The Hall–Kier alpha value is -2.41. The lowest BCUT2D eigenvalue weighted by atomic mass is 9.96. The van der Waals surface area contributed by atoms with E-state index in [1.54, 1.807) is 0 Å². The predicted molar refractivity (Wildman–Crippen MR) is 111 cm³/mol. The molecular weight excluding hydrogens is 392 g/mol. The van der Waals surface area contributed by atoms with Crippen LogP contribution in [0.1, 0.15) is 33.4 Å². The Morgan fingerprint density at radius 3 is 2.61 bits per heavy atom. The molecule has 3 heterocycles. The summed E-state index contributed by atoms with van der Waals surface area (Å²) in [5.74, 6) is 0.822. The van der Waals surface area contributed by atoms with Crippen LogP contribution in [0.25, 0.3) is 4.96 Å². The van der Waals surface area contributed by atoms with E-state index in [0.717, 1.165) is 30.0 Å². The molecule has 4 aromatic rings. The lowest BCUT2D eigenvalue weighted by Crippen LogP contribution is -2.34. The van der Waals surface area contributed by atoms with Gasteiger partial charge in [0.25, 0.3) is 0 Å². The summed E-state index contributed by atoms with van der Waals surface area (Å²) in [6.07, 6.45) is 0.987. The van der Waals surface area contributed by atoms with Gasteiger partial charge < -0.3 is 5.11 Å². The van der Waals surface area contributed by atoms with E-state index < -0.39 is 0 Å². The molecule has 0 spiro atoms. The molecule has 5 nitrogen and oxygen atoms in total. The van der Waals surface area contributed by atoms with Gasteiger partial charge in [-0.25, -0.2) is 4.98 Å². The minimum Gasteiger partial charge on any atom is -0.492 e. The van der Waals surface area contributed by atoms with Gasteiger partial charge in [-0.15, -0.1) is 5.10 Å². The van der Waals surface area contributed by atoms with Gasteiger partial charge in [0.2, 0.25) is 10.8 Å². The second-order valence-electron chi connectivity index (χ2n) is 7.09. The van der Waals surface area contributed by atoms with Gasteiger partial charge in [-0.05, 0) is 42.2 Å². The van der Waals surface area contributed by atoms with E-state index in [-0.39, 0.29) is 11.9 Å². The van der Waals surface area contributed by atoms with Crippen molar-refractivity contribution in [1.82, 2.24) is 19.5 Å². The van der Waals surface area contributed by atoms with E-state index in [2.05, 4.69) is 39.2 Å². The van der Waals surface area contributed by atoms with E-state index in [4.69, 9.17) is 11.6 Å². The smallest absolute Gasteiger partial charge is 0.230 e. The topological polar surface area (TPSA) is 53.7 Å². The van der Waals surface area contributed by atoms with Gasteiger partial charge in [-0.3, -0.25) is 4.90 Å². The molecule has 0 amide bonds. The number of halogens is 1. The minimum atomic E-state index is -0.0839. The van der Waals surface area contributed by atoms with Crippen LogP contribution in [0.2, 0.25) is 5.02 Å². The molecule has 0 unspecified atom stereocenters. The number of fused-ring (bicyclic) bond motifs is 2. The van der Waals surface area contributed by atoms with Crippen LogP contribution in [0, 0.1) is 6.92 Å². The van der Waals surface area contributed by atoms with Gasteiger partial charge in [0.15, 0.2) is 0 Å². The van der Waals surface area contributed by atoms with E-state index in [0.29, 0.717) is 15.8 Å². The van der Waals surface area contributed by atoms with Gasteiger partial charge in [0.1, 0.15) is 5.82 Å². The molecule has 0 fully saturated rings. The van der Waals surface area contributed by atoms with E-state index in [9.17, 15) is 5.11 Å². The van der Waals surface area contributed by atoms with E-state index in [1.807, 2.05) is 31.2 Å². The molecule has 142 valence electrons. The van der Waals surface area contributed by atoms with Gasteiger partial charge >= 0.3 is 0 Å². The molecule has 0 radical (unpaired) electrons. The fourth-order valence-corrected chi connectivity index (χ4v) is 5.23. The fraction of sp³-hybridized carbons (Fsp3) is 0.238. The highest BCUT2D eigenvalue weighted by Gasteiger charge is 2.31. The number of aromatic hydroxyl groups is 1. The largest absolute Gasteiger partial charge is 0.492 e. The second kappa shape index (κ2) is 6.88. The molecule has 1 aliphatic rings. The Kier molecular flexibility index (Phi) is 4.34. The minimum absolute atomic E-state index is 0.0839. The molecule has 0 aliphatic carbocycles. The first-order chi connectivity index (χ1) is 13.6. The van der Waals surface area contributed by atoms with Gasteiger partial charge in [-0.2, -0.15) is 4.52 Å². The maximum atomic E-state index is 10.9. The van der Waals surface area contributed by atoms with Gasteiger partial charge in [0, 0.05) is 18.1 Å². The summed E-state index contributed by atoms with van der Waals surface area (Å²) in [5.41, 5.74) is 3.83. The number of hydrogen-bond acceptors (Lipinski definition) is 5. The number of rotatable bonds is 3. The molecule has 1 atom stereocenters. The van der Waals surface area contributed by atoms with Crippen LogP contribution in [0.4, 0.5) is 0 Å². The number of thiazole rings is 1. The second-order valence-corrected chi connectivity index (χ2v) is 8.53. The molecule has 0 bridgehead atoms. The Balaban J connectivity index is 1.62. The number of nitrogens with zero attached hydrogens (tertiary/aromatic N) is 4. The van der Waals surface area contributed by atoms with Gasteiger partial charge in [-0.1, -0.05) is 59.3 Å². The van der Waals surface area contributed by atoms with E-state index >= 15 is 0 Å². The van der Waals surface area contributed by atoms with E-state index in [1.165, 1.54) is 27.0 Å². The zero-order valence-electron chi connectivity index (χ0n) is 15.3. The standard InChI is InChI=1S/C21H19ClN4OS/c1-13-23-21-26(24-13)20(27)19(28-21)18(15-6-8-17(22)9-7-15)25-11-10-14-4-2-3-5-16(14)12-25/h2-9,18,27H,10-12H2,1H3/t18-/m0/s1. The Labute approximate surface area is 171 Å². The van der Waals surface area contributed by atoms with Crippen LogP contribution in [0.15, 0.2) is 48.5 Å². The fourth-order valence-electron chi connectivity index (χ4n) is 3.94. The summed E-state index contributed by atoms with van der Waals surface area (Å²) >= 11 is 7.62. The Bertz CT molecular complexity index is 1150. The molecule has 2 aromatic heterocycles. The van der Waals surface area contributed by atoms with Crippen LogP contribution in [0.3, 0.4) is 0 Å². The summed E-state index contributed by atoms with van der Waals surface area (Å²) in [5, 5.41) is 16.0. The number of hydrogen-bond donors (Lipinski definition) is 1. The molecule has 0 saturated heterocycles. The van der Waals surface area contributed by atoms with Crippen molar-refractivity contribution in [3.8, 4) is 5.88 Å². The van der Waals surface area contributed by atoms with Crippen molar-refractivity contribution in [1.29, 1.82) is 0 Å². The SMILES string of the molecule is Cc1nc2sc([C@H](c3ccc(Cl)cc3)N3CCc4ccccc4C3)c(O)n2n1. The maximum absolute atomic E-state index is 10.9. The molecule has 0 saturated carbocycles. The molecule has 28 heavy (non-hydrogen) atoms. The lowest BCUT2D eigenvalue weighted by molar-refractivity contribution is 0.205. The van der Waals surface area contributed by atoms with Crippen LogP contribution >= 0.6 is 22.9 Å². The van der Waals surface area contributed by atoms with Crippen LogP contribution in [-0.4, -0.2) is 31.1 Å². The average Bonchev–Trinajstić information content (AvgIpc) is 3.21. The quantitative estimate of drug-likeness (QED) is 0.536. The van der Waals surface area contributed by atoms with Crippen molar-refractivity contribution in [2.45, 2.75) is 25.9 Å². The highest BCUT2D eigenvalue weighted by molar-refractivity contribution is 7.17. The number of aromatic nitrogens is 3. The summed E-state index contributed by atoms with van der Waals surface area (Å²) < 4.78 is 1.54. The molecule has 1 N–H and O–H groups in total. The Morgan fingerprint density at radius 2 is 1.86 bits per heavy atom. The molecule has 1 aliphatic heterocycles. The zero-order valence-corrected chi connectivity index (χ0v) is 16.9. The van der Waals surface area contributed by atoms with Crippen molar-refractivity contribution >= 4 is 27.9 Å². The summed E-state index contributed by atoms with van der Waals surface area (Å²) in [6.45, 7) is 3.57. The molecule has 5 rings (SSSR count). The number of benzene rings is 2. The van der Waals surface area contributed by atoms with Crippen molar-refractivity contribution in [2.75, 3.05) is 6.54 Å². The first-order valence-electron chi connectivity index (χ1n) is 9.21. The molecule has 2 aromatic carbocycles. The zero-order chi connectivity index (χ0) is 19.3. The van der Waals surface area contributed by atoms with Crippen molar-refractivity contribution in [3.63, 3.8) is 0 Å². The highest BCUT2D eigenvalue weighted by Crippen LogP contribution is 2.41. The lowest BCUT2D eigenvalue weighted by Gasteiger charge is -2.35. The van der Waals surface area contributed by atoms with Crippen LogP contribution < -0.4 is 0 Å². The first-order valence-corrected chi connectivity index (χ1v) is 10.4. The van der Waals surface area contributed by atoms with Gasteiger partial charge in [0.05, 0.1) is 10.9 Å². The third-order valence-electron chi connectivity index (χ3n) is 5.27.